The molecule has 0 aromatic rings. The summed E-state index contributed by atoms with van der Waals surface area (Å²) < 4.78 is 0. The van der Waals surface area contributed by atoms with E-state index in [2.05, 4.69) is 31.8 Å². The van der Waals surface area contributed by atoms with Gasteiger partial charge in [0.2, 0.25) is 0 Å². The highest BCUT2D eigenvalue weighted by molar-refractivity contribution is 5.07. The lowest BCUT2D eigenvalue weighted by atomic mass is 9.87. The number of allylic oxidation sites excluding steroid dienone is 1. The summed E-state index contributed by atoms with van der Waals surface area (Å²) in [5.41, 5.74) is 1.53. The van der Waals surface area contributed by atoms with Gasteiger partial charge < -0.3 is 5.32 Å². The average molecular weight is 151 g/mol. The van der Waals surface area contributed by atoms with E-state index in [9.17, 15) is 0 Å². The van der Waals surface area contributed by atoms with Crippen LogP contribution >= 0.6 is 0 Å². The predicted octanol–water partition coefficient (Wildman–Crippen LogP) is 2.46. The van der Waals surface area contributed by atoms with E-state index in [0.717, 1.165) is 12.3 Å². The van der Waals surface area contributed by atoms with Crippen molar-refractivity contribution in [3.8, 4) is 0 Å². The molecule has 0 spiro atoms. The van der Waals surface area contributed by atoms with Crippen molar-refractivity contribution in [1.82, 2.24) is 5.32 Å². The Bertz CT molecular complexity index is 170. The van der Waals surface area contributed by atoms with E-state index in [0.29, 0.717) is 6.04 Å². The molecule has 0 fully saturated rings. The molecule has 2 unspecified atom stereocenters. The zero-order valence-electron chi connectivity index (χ0n) is 7.43. The monoisotopic (exact) mass is 151 g/mol. The van der Waals surface area contributed by atoms with Gasteiger partial charge in [-0.3, -0.25) is 0 Å². The third-order valence-corrected chi connectivity index (χ3v) is 2.38. The first-order chi connectivity index (χ1) is 5.24. The van der Waals surface area contributed by atoms with Crippen LogP contribution in [0.3, 0.4) is 0 Å². The third-order valence-electron chi connectivity index (χ3n) is 2.38. The van der Waals surface area contributed by atoms with E-state index >= 15 is 0 Å². The van der Waals surface area contributed by atoms with Crippen molar-refractivity contribution in [2.75, 3.05) is 0 Å². The van der Waals surface area contributed by atoms with Gasteiger partial charge in [0.15, 0.2) is 0 Å². The molecule has 0 saturated heterocycles. The van der Waals surface area contributed by atoms with E-state index < -0.39 is 0 Å². The molecule has 1 aliphatic carbocycles. The first-order valence-corrected chi connectivity index (χ1v) is 4.26. The molecule has 1 N–H and O–H groups in total. The van der Waals surface area contributed by atoms with E-state index in [1.807, 2.05) is 0 Å². The molecule has 0 bridgehead atoms. The highest BCUT2D eigenvalue weighted by Crippen LogP contribution is 2.23. The number of rotatable bonds is 2. The lowest BCUT2D eigenvalue weighted by Gasteiger charge is -2.27. The van der Waals surface area contributed by atoms with Gasteiger partial charge in [-0.15, -0.1) is 0 Å². The second-order valence-corrected chi connectivity index (χ2v) is 3.44. The van der Waals surface area contributed by atoms with Gasteiger partial charge in [0.25, 0.3) is 0 Å². The van der Waals surface area contributed by atoms with Crippen LogP contribution in [0.15, 0.2) is 24.4 Å². The quantitative estimate of drug-likeness (QED) is 0.598. The molecule has 0 heterocycles. The Balaban J connectivity index is 2.50. The maximum absolute atomic E-state index is 3.68. The molecule has 0 aliphatic heterocycles. The van der Waals surface area contributed by atoms with Crippen LogP contribution in [0.25, 0.3) is 0 Å². The van der Waals surface area contributed by atoms with E-state index in [1.165, 1.54) is 12.0 Å². The smallest absolute Gasteiger partial charge is 0.0318 e. The molecule has 2 atom stereocenters. The van der Waals surface area contributed by atoms with Crippen molar-refractivity contribution in [3.63, 3.8) is 0 Å². The van der Waals surface area contributed by atoms with Gasteiger partial charge in [-0.05, 0) is 31.9 Å². The molecular weight excluding hydrogens is 134 g/mol. The largest absolute Gasteiger partial charge is 0.388 e. The van der Waals surface area contributed by atoms with E-state index in [1.54, 1.807) is 6.20 Å². The van der Waals surface area contributed by atoms with Gasteiger partial charge in [-0.2, -0.15) is 0 Å². The van der Waals surface area contributed by atoms with Crippen LogP contribution in [0, 0.1) is 5.92 Å². The minimum absolute atomic E-state index is 0.608. The number of nitrogens with one attached hydrogen (secondary N) is 1. The van der Waals surface area contributed by atoms with E-state index in [-0.39, 0.29) is 0 Å². The summed E-state index contributed by atoms with van der Waals surface area (Å²) in [6, 6.07) is 0.608. The molecule has 1 rings (SSSR count). The molecule has 0 radical (unpaired) electrons. The minimum atomic E-state index is 0.608. The zero-order chi connectivity index (χ0) is 8.27. The third kappa shape index (κ3) is 2.11. The fraction of sp³-hybridized carbons (Fsp3) is 0.600. The van der Waals surface area contributed by atoms with Crippen molar-refractivity contribution in [2.24, 2.45) is 5.92 Å². The summed E-state index contributed by atoms with van der Waals surface area (Å²) in [4.78, 5) is 0. The Morgan fingerprint density at radius 2 is 2.45 bits per heavy atom. The standard InChI is InChI=1S/C10H17N/c1-4-11-10-6-5-8(2)7-9(10)3/h4-5,9-11H,1,6-7H2,2-3H3. The maximum atomic E-state index is 3.68. The van der Waals surface area contributed by atoms with Gasteiger partial charge in [0.05, 0.1) is 0 Å². The SMILES string of the molecule is C=CNC1CC=C(C)CC1C. The lowest BCUT2D eigenvalue weighted by Crippen LogP contribution is -2.32. The Morgan fingerprint density at radius 1 is 1.73 bits per heavy atom. The molecule has 1 heteroatoms. The average Bonchev–Trinajstić information content (AvgIpc) is 1.95. The van der Waals surface area contributed by atoms with Gasteiger partial charge in [0, 0.05) is 6.04 Å². The molecule has 1 nitrogen and oxygen atoms in total. The molecule has 1 aliphatic rings. The number of hydrogen-bond donors (Lipinski definition) is 1. The molecule has 0 aromatic carbocycles. The number of hydrogen-bond acceptors (Lipinski definition) is 1. The molecule has 11 heavy (non-hydrogen) atoms. The summed E-state index contributed by atoms with van der Waals surface area (Å²) in [6.45, 7) is 8.17. The van der Waals surface area contributed by atoms with Crippen molar-refractivity contribution in [2.45, 2.75) is 32.7 Å². The predicted molar refractivity (Wildman–Crippen MR) is 49.3 cm³/mol. The molecule has 0 amide bonds. The van der Waals surface area contributed by atoms with Gasteiger partial charge in [-0.1, -0.05) is 25.2 Å². The Morgan fingerprint density at radius 3 is 3.00 bits per heavy atom. The van der Waals surface area contributed by atoms with Crippen molar-refractivity contribution in [1.29, 1.82) is 0 Å². The van der Waals surface area contributed by atoms with E-state index in [4.69, 9.17) is 0 Å². The van der Waals surface area contributed by atoms with Crippen LogP contribution < -0.4 is 5.32 Å². The van der Waals surface area contributed by atoms with Crippen LogP contribution in [0.2, 0.25) is 0 Å². The Hall–Kier alpha value is -0.720. The first kappa shape index (κ1) is 8.38. The first-order valence-electron chi connectivity index (χ1n) is 4.26. The van der Waals surface area contributed by atoms with Crippen molar-refractivity contribution in [3.05, 3.63) is 24.4 Å². The van der Waals surface area contributed by atoms with Crippen LogP contribution in [-0.2, 0) is 0 Å². The summed E-state index contributed by atoms with van der Waals surface area (Å²) in [5.74, 6) is 0.748. The second kappa shape index (κ2) is 3.61. The normalized spacial score (nSPS) is 30.9. The highest BCUT2D eigenvalue weighted by Gasteiger charge is 2.18. The van der Waals surface area contributed by atoms with Crippen LogP contribution in [0.4, 0.5) is 0 Å². The fourth-order valence-corrected chi connectivity index (χ4v) is 1.68. The molecular formula is C10H17N. The van der Waals surface area contributed by atoms with Crippen LogP contribution in [0.5, 0.6) is 0 Å². The Kier molecular flexibility index (Phi) is 2.75. The molecule has 62 valence electrons. The van der Waals surface area contributed by atoms with Gasteiger partial charge >= 0.3 is 0 Å². The molecule has 0 saturated carbocycles. The van der Waals surface area contributed by atoms with Crippen LogP contribution in [0.1, 0.15) is 26.7 Å². The molecule has 0 aromatic heterocycles. The van der Waals surface area contributed by atoms with Crippen molar-refractivity contribution >= 4 is 0 Å². The van der Waals surface area contributed by atoms with Gasteiger partial charge in [-0.25, -0.2) is 0 Å². The van der Waals surface area contributed by atoms with Crippen LogP contribution in [-0.4, -0.2) is 6.04 Å². The maximum Gasteiger partial charge on any atom is 0.0318 e. The zero-order valence-corrected chi connectivity index (χ0v) is 7.43. The Labute approximate surface area is 69.2 Å². The highest BCUT2D eigenvalue weighted by atomic mass is 14.9. The summed E-state index contributed by atoms with van der Waals surface area (Å²) >= 11 is 0. The summed E-state index contributed by atoms with van der Waals surface area (Å²) in [5, 5.41) is 3.27. The van der Waals surface area contributed by atoms with Gasteiger partial charge in [0.1, 0.15) is 0 Å². The summed E-state index contributed by atoms with van der Waals surface area (Å²) in [6.07, 6.45) is 6.50. The minimum Gasteiger partial charge on any atom is -0.388 e. The summed E-state index contributed by atoms with van der Waals surface area (Å²) in [7, 11) is 0. The fourth-order valence-electron chi connectivity index (χ4n) is 1.68. The van der Waals surface area contributed by atoms with Crippen molar-refractivity contribution < 1.29 is 0 Å². The second-order valence-electron chi connectivity index (χ2n) is 3.44. The topological polar surface area (TPSA) is 12.0 Å². The lowest BCUT2D eigenvalue weighted by molar-refractivity contribution is 0.392.